The summed E-state index contributed by atoms with van der Waals surface area (Å²) in [5.41, 5.74) is 0.0748. The van der Waals surface area contributed by atoms with Gasteiger partial charge in [0.1, 0.15) is 5.75 Å². The second kappa shape index (κ2) is 12.0. The van der Waals surface area contributed by atoms with Crippen LogP contribution in [0.4, 0.5) is 5.69 Å². The lowest BCUT2D eigenvalue weighted by Gasteiger charge is -1.96. The summed E-state index contributed by atoms with van der Waals surface area (Å²) in [7, 11) is 3.08. The van der Waals surface area contributed by atoms with E-state index >= 15 is 0 Å². The number of hydrogen-bond acceptors (Lipinski definition) is 4. The van der Waals surface area contributed by atoms with Gasteiger partial charge in [-0.1, -0.05) is 13.8 Å². The van der Waals surface area contributed by atoms with Crippen molar-refractivity contribution >= 4 is 12.1 Å². The van der Waals surface area contributed by atoms with Gasteiger partial charge in [-0.15, -0.1) is 0 Å². The van der Waals surface area contributed by atoms with Crippen molar-refractivity contribution in [1.29, 1.82) is 0 Å². The standard InChI is InChI=1S/C7H7NO3.C2H5NO.C2H6/c1-11-7-4-2-6(3-5-7)8(9)10;1-3-2-4;1-2/h2-5H,1H3;2H,1H3,(H,3,4);1-2H3. The van der Waals surface area contributed by atoms with Gasteiger partial charge in [0.2, 0.25) is 6.41 Å². The van der Waals surface area contributed by atoms with Crippen LogP contribution in [-0.2, 0) is 4.79 Å². The number of hydrogen-bond donors (Lipinski definition) is 1. The second-order valence-corrected chi connectivity index (χ2v) is 2.36. The highest BCUT2D eigenvalue weighted by Crippen LogP contribution is 2.16. The Morgan fingerprint density at radius 3 is 1.94 bits per heavy atom. The maximum absolute atomic E-state index is 10.2. The SMILES string of the molecule is CC.CNC=O.COc1ccc([N+](=O)[O-])cc1. The Labute approximate surface area is 101 Å². The molecule has 6 heteroatoms. The second-order valence-electron chi connectivity index (χ2n) is 2.36. The summed E-state index contributed by atoms with van der Waals surface area (Å²) in [5.74, 6) is 0.621. The highest BCUT2D eigenvalue weighted by molar-refractivity contribution is 5.44. The van der Waals surface area contributed by atoms with Gasteiger partial charge in [0.25, 0.3) is 5.69 Å². The van der Waals surface area contributed by atoms with E-state index in [0.29, 0.717) is 12.2 Å². The van der Waals surface area contributed by atoms with E-state index < -0.39 is 4.92 Å². The molecule has 1 aromatic carbocycles. The van der Waals surface area contributed by atoms with Crippen molar-refractivity contribution in [3.8, 4) is 5.75 Å². The fourth-order valence-electron chi connectivity index (χ4n) is 0.704. The molecule has 96 valence electrons. The molecule has 0 atom stereocenters. The third-order valence-corrected chi connectivity index (χ3v) is 1.40. The molecule has 1 rings (SSSR count). The third-order valence-electron chi connectivity index (χ3n) is 1.40. The number of nitro groups is 1. The first-order valence-corrected chi connectivity index (χ1v) is 5.05. The van der Waals surface area contributed by atoms with Crippen LogP contribution in [0.15, 0.2) is 24.3 Å². The lowest BCUT2D eigenvalue weighted by molar-refractivity contribution is -0.384. The fraction of sp³-hybridized carbons (Fsp3) is 0.364. The normalized spacial score (nSPS) is 7.53. The zero-order chi connectivity index (χ0) is 13.7. The first kappa shape index (κ1) is 17.3. The Balaban J connectivity index is 0. The summed E-state index contributed by atoms with van der Waals surface area (Å²) < 4.78 is 4.83. The van der Waals surface area contributed by atoms with E-state index in [4.69, 9.17) is 9.53 Å². The number of nitrogens with zero attached hydrogens (tertiary/aromatic N) is 1. The lowest BCUT2D eigenvalue weighted by Crippen LogP contribution is -1.98. The molecular formula is C11H18N2O4. The van der Waals surface area contributed by atoms with E-state index in [2.05, 4.69) is 5.32 Å². The van der Waals surface area contributed by atoms with Gasteiger partial charge in [-0.05, 0) is 12.1 Å². The van der Waals surface area contributed by atoms with E-state index in [1.165, 1.54) is 19.2 Å². The number of amides is 1. The minimum atomic E-state index is -0.445. The molecule has 0 saturated carbocycles. The molecule has 17 heavy (non-hydrogen) atoms. The molecule has 0 radical (unpaired) electrons. The number of nitro benzene ring substituents is 1. The van der Waals surface area contributed by atoms with Crippen LogP contribution in [0.25, 0.3) is 0 Å². The summed E-state index contributed by atoms with van der Waals surface area (Å²) in [5, 5.41) is 12.4. The predicted octanol–water partition coefficient (Wildman–Crippen LogP) is 1.99. The minimum absolute atomic E-state index is 0.0748. The number of carbonyl (C=O) groups is 1. The maximum atomic E-state index is 10.2. The fourth-order valence-corrected chi connectivity index (χ4v) is 0.704. The van der Waals surface area contributed by atoms with E-state index in [1.807, 2.05) is 13.8 Å². The van der Waals surface area contributed by atoms with Crippen LogP contribution in [-0.4, -0.2) is 25.5 Å². The zero-order valence-electron chi connectivity index (χ0n) is 10.5. The van der Waals surface area contributed by atoms with Gasteiger partial charge >= 0.3 is 0 Å². The van der Waals surface area contributed by atoms with Gasteiger partial charge in [-0.3, -0.25) is 14.9 Å². The Kier molecular flexibility index (Phi) is 12.2. The molecule has 0 fully saturated rings. The van der Waals surface area contributed by atoms with Gasteiger partial charge in [-0.25, -0.2) is 0 Å². The Hall–Kier alpha value is -2.11. The van der Waals surface area contributed by atoms with Crippen LogP contribution in [0, 0.1) is 10.1 Å². The predicted molar refractivity (Wildman–Crippen MR) is 66.1 cm³/mol. The average Bonchev–Trinajstić information content (AvgIpc) is 2.41. The molecule has 1 amide bonds. The number of methoxy groups -OCH3 is 1. The molecule has 6 nitrogen and oxygen atoms in total. The Morgan fingerprint density at radius 1 is 1.29 bits per heavy atom. The van der Waals surface area contributed by atoms with Crippen LogP contribution in [0.5, 0.6) is 5.75 Å². The minimum Gasteiger partial charge on any atom is -0.497 e. The van der Waals surface area contributed by atoms with E-state index in [0.717, 1.165) is 0 Å². The van der Waals surface area contributed by atoms with Crippen molar-refractivity contribution in [2.45, 2.75) is 13.8 Å². The number of ether oxygens (including phenoxy) is 1. The molecule has 1 aromatic rings. The number of nitrogens with one attached hydrogen (secondary N) is 1. The van der Waals surface area contributed by atoms with Crippen molar-refractivity contribution in [3.63, 3.8) is 0 Å². The summed E-state index contributed by atoms with van der Waals surface area (Å²) in [4.78, 5) is 18.8. The van der Waals surface area contributed by atoms with E-state index in [1.54, 1.807) is 19.2 Å². The average molecular weight is 242 g/mol. The van der Waals surface area contributed by atoms with Crippen molar-refractivity contribution < 1.29 is 14.5 Å². The molecule has 0 aromatic heterocycles. The quantitative estimate of drug-likeness (QED) is 0.499. The molecule has 0 saturated heterocycles. The number of carbonyl (C=O) groups excluding carboxylic acids is 1. The van der Waals surface area contributed by atoms with Gasteiger partial charge < -0.3 is 10.1 Å². The summed E-state index contributed by atoms with van der Waals surface area (Å²) in [6.45, 7) is 4.00. The highest BCUT2D eigenvalue weighted by atomic mass is 16.6. The topological polar surface area (TPSA) is 81.5 Å². The van der Waals surface area contributed by atoms with Crippen LogP contribution >= 0.6 is 0 Å². The van der Waals surface area contributed by atoms with Gasteiger partial charge in [0, 0.05) is 19.2 Å². The monoisotopic (exact) mass is 242 g/mol. The number of non-ortho nitro benzene ring substituents is 1. The molecule has 0 bridgehead atoms. The first-order chi connectivity index (χ1) is 8.15. The lowest BCUT2D eigenvalue weighted by atomic mass is 10.3. The van der Waals surface area contributed by atoms with Crippen LogP contribution in [0.1, 0.15) is 13.8 Å². The molecule has 1 N–H and O–H groups in total. The van der Waals surface area contributed by atoms with Crippen molar-refractivity contribution in [2.24, 2.45) is 0 Å². The van der Waals surface area contributed by atoms with Gasteiger partial charge in [0.05, 0.1) is 12.0 Å². The van der Waals surface area contributed by atoms with E-state index in [9.17, 15) is 10.1 Å². The third kappa shape index (κ3) is 8.86. The molecule has 0 unspecified atom stereocenters. The molecule has 0 heterocycles. The van der Waals surface area contributed by atoms with Crippen LogP contribution < -0.4 is 10.1 Å². The molecule has 0 aliphatic rings. The van der Waals surface area contributed by atoms with Crippen LogP contribution in [0.2, 0.25) is 0 Å². The smallest absolute Gasteiger partial charge is 0.269 e. The maximum Gasteiger partial charge on any atom is 0.269 e. The summed E-state index contributed by atoms with van der Waals surface area (Å²) >= 11 is 0. The van der Waals surface area contributed by atoms with E-state index in [-0.39, 0.29) is 5.69 Å². The largest absolute Gasteiger partial charge is 0.497 e. The molecule has 0 aliphatic heterocycles. The summed E-state index contributed by atoms with van der Waals surface area (Å²) in [6.07, 6.45) is 0.625. The number of benzene rings is 1. The van der Waals surface area contributed by atoms with Crippen molar-refractivity contribution in [1.82, 2.24) is 5.32 Å². The Morgan fingerprint density at radius 2 is 1.71 bits per heavy atom. The van der Waals surface area contributed by atoms with Crippen molar-refractivity contribution in [2.75, 3.05) is 14.2 Å². The van der Waals surface area contributed by atoms with Crippen molar-refractivity contribution in [3.05, 3.63) is 34.4 Å². The summed E-state index contributed by atoms with van der Waals surface area (Å²) in [6, 6.07) is 5.91. The molecule has 0 aliphatic carbocycles. The zero-order valence-corrected chi connectivity index (χ0v) is 10.5. The van der Waals surface area contributed by atoms with Gasteiger partial charge in [0.15, 0.2) is 0 Å². The molecular weight excluding hydrogens is 224 g/mol. The number of rotatable bonds is 3. The Bertz CT molecular complexity index is 312. The molecule has 0 spiro atoms. The van der Waals surface area contributed by atoms with Gasteiger partial charge in [-0.2, -0.15) is 0 Å². The highest BCUT2D eigenvalue weighted by Gasteiger charge is 2.02. The first-order valence-electron chi connectivity index (χ1n) is 5.05. The van der Waals surface area contributed by atoms with Crippen LogP contribution in [0.3, 0.4) is 0 Å².